The highest BCUT2D eigenvalue weighted by Crippen LogP contribution is 2.46. The van der Waals surface area contributed by atoms with Crippen molar-refractivity contribution >= 4 is 5.82 Å². The second kappa shape index (κ2) is 8.53. The number of pyridine rings is 1. The lowest BCUT2D eigenvalue weighted by atomic mass is 9.63. The molecule has 31 heavy (non-hydrogen) atoms. The number of anilines is 1. The first-order valence-corrected chi connectivity index (χ1v) is 11.7. The van der Waals surface area contributed by atoms with Crippen LogP contribution in [0.4, 0.5) is 5.82 Å². The van der Waals surface area contributed by atoms with Gasteiger partial charge in [0.05, 0.1) is 12.3 Å². The maximum Gasteiger partial charge on any atom is 0.129 e. The quantitative estimate of drug-likeness (QED) is 0.772. The number of hydrogen-bond acceptors (Lipinski definition) is 5. The predicted octanol–water partition coefficient (Wildman–Crippen LogP) is 3.54. The van der Waals surface area contributed by atoms with E-state index in [1.165, 1.54) is 29.5 Å². The molecule has 1 atom stereocenters. The van der Waals surface area contributed by atoms with Gasteiger partial charge in [-0.25, -0.2) is 4.98 Å². The fourth-order valence-corrected chi connectivity index (χ4v) is 5.06. The summed E-state index contributed by atoms with van der Waals surface area (Å²) in [5, 5.41) is 9.20. The van der Waals surface area contributed by atoms with Gasteiger partial charge in [-0.2, -0.15) is 0 Å². The molecular formula is C26H38N4O. The highest BCUT2D eigenvalue weighted by molar-refractivity contribution is 5.65. The molecule has 1 fully saturated rings. The molecule has 1 aromatic carbocycles. The Labute approximate surface area is 187 Å². The largest absolute Gasteiger partial charge is 0.395 e. The summed E-state index contributed by atoms with van der Waals surface area (Å²) in [5.74, 6) is 1.04. The standard InChI is InChI=1S/C26H38N4O/c1-25(2)10-11-26(3,4)22-16-19(8-9-21(22)25)23-6-5-7-24(28-23)30-14-12-29(13-15-30)17-20(27)18-31/h5-9,16,20,31H,10-15,17-18,27H2,1-4H3/t20-/m0/s1. The first kappa shape index (κ1) is 22.3. The summed E-state index contributed by atoms with van der Waals surface area (Å²) in [5.41, 5.74) is 11.5. The molecule has 5 nitrogen and oxygen atoms in total. The molecule has 3 N–H and O–H groups in total. The number of aromatic nitrogens is 1. The van der Waals surface area contributed by atoms with E-state index in [0.29, 0.717) is 0 Å². The minimum absolute atomic E-state index is 0.0403. The number of benzene rings is 1. The van der Waals surface area contributed by atoms with E-state index in [1.54, 1.807) is 0 Å². The van der Waals surface area contributed by atoms with E-state index >= 15 is 0 Å². The normalized spacial score (nSPS) is 21.5. The third-order valence-corrected chi connectivity index (χ3v) is 7.31. The van der Waals surface area contributed by atoms with Crippen molar-refractivity contribution in [1.82, 2.24) is 9.88 Å². The molecule has 1 saturated heterocycles. The van der Waals surface area contributed by atoms with Crippen molar-refractivity contribution in [2.24, 2.45) is 5.73 Å². The maximum absolute atomic E-state index is 9.20. The van der Waals surface area contributed by atoms with Gasteiger partial charge < -0.3 is 15.7 Å². The van der Waals surface area contributed by atoms with Crippen LogP contribution in [0.25, 0.3) is 11.3 Å². The Bertz CT molecular complexity index is 915. The van der Waals surface area contributed by atoms with Crippen LogP contribution < -0.4 is 10.6 Å². The van der Waals surface area contributed by atoms with Gasteiger partial charge in [-0.15, -0.1) is 0 Å². The lowest BCUT2D eigenvalue weighted by Gasteiger charge is -2.42. The molecule has 0 amide bonds. The summed E-state index contributed by atoms with van der Waals surface area (Å²) < 4.78 is 0. The summed E-state index contributed by atoms with van der Waals surface area (Å²) in [4.78, 5) is 9.73. The van der Waals surface area contributed by atoms with Gasteiger partial charge in [0.2, 0.25) is 0 Å². The third-order valence-electron chi connectivity index (χ3n) is 7.31. The van der Waals surface area contributed by atoms with E-state index in [1.807, 2.05) is 0 Å². The summed E-state index contributed by atoms with van der Waals surface area (Å²) in [7, 11) is 0. The minimum Gasteiger partial charge on any atom is -0.395 e. The summed E-state index contributed by atoms with van der Waals surface area (Å²) >= 11 is 0. The number of piperazine rings is 1. The Morgan fingerprint density at radius 1 is 0.968 bits per heavy atom. The van der Waals surface area contributed by atoms with Gasteiger partial charge in [-0.1, -0.05) is 45.9 Å². The molecule has 2 aromatic rings. The average Bonchev–Trinajstić information content (AvgIpc) is 2.77. The Hall–Kier alpha value is -1.95. The molecule has 0 saturated carbocycles. The average molecular weight is 423 g/mol. The highest BCUT2D eigenvalue weighted by Gasteiger charge is 2.37. The van der Waals surface area contributed by atoms with Gasteiger partial charge in [0.25, 0.3) is 0 Å². The van der Waals surface area contributed by atoms with Crippen molar-refractivity contribution in [2.45, 2.75) is 57.4 Å². The van der Waals surface area contributed by atoms with E-state index in [0.717, 1.165) is 44.2 Å². The lowest BCUT2D eigenvalue weighted by Crippen LogP contribution is -2.50. The number of hydrogen-bond donors (Lipinski definition) is 2. The number of aliphatic hydroxyl groups is 1. The van der Waals surface area contributed by atoms with Crippen LogP contribution in [0.5, 0.6) is 0 Å². The second-order valence-corrected chi connectivity index (χ2v) is 10.6. The van der Waals surface area contributed by atoms with Gasteiger partial charge in [-0.05, 0) is 53.0 Å². The second-order valence-electron chi connectivity index (χ2n) is 10.6. The van der Waals surface area contributed by atoms with Crippen LogP contribution >= 0.6 is 0 Å². The van der Waals surface area contributed by atoms with E-state index in [4.69, 9.17) is 10.7 Å². The number of fused-ring (bicyclic) bond motifs is 1. The fraction of sp³-hybridized carbons (Fsp3) is 0.577. The summed E-state index contributed by atoms with van der Waals surface area (Å²) in [6.45, 7) is 14.0. The number of aliphatic hydroxyl groups excluding tert-OH is 1. The van der Waals surface area contributed by atoms with Gasteiger partial charge in [-0.3, -0.25) is 4.90 Å². The summed E-state index contributed by atoms with van der Waals surface area (Å²) in [6, 6.07) is 13.2. The minimum atomic E-state index is -0.161. The molecule has 5 heteroatoms. The molecule has 1 aromatic heterocycles. The zero-order valence-corrected chi connectivity index (χ0v) is 19.6. The maximum atomic E-state index is 9.20. The SMILES string of the molecule is CC1(C)CCC(C)(C)c2cc(-c3cccc(N4CCN(C[C@H](N)CO)CC4)n3)ccc21. The van der Waals surface area contributed by atoms with Gasteiger partial charge >= 0.3 is 0 Å². The van der Waals surface area contributed by atoms with Crippen LogP contribution in [0.15, 0.2) is 36.4 Å². The van der Waals surface area contributed by atoms with Crippen LogP contribution in [0.3, 0.4) is 0 Å². The molecule has 0 bridgehead atoms. The third kappa shape index (κ3) is 4.64. The first-order valence-electron chi connectivity index (χ1n) is 11.7. The van der Waals surface area contributed by atoms with Crippen molar-refractivity contribution in [2.75, 3.05) is 44.2 Å². The molecule has 0 spiro atoms. The van der Waals surface area contributed by atoms with Gasteiger partial charge in [0.15, 0.2) is 0 Å². The van der Waals surface area contributed by atoms with Crippen LogP contribution in [0.1, 0.15) is 51.7 Å². The molecule has 1 aliphatic heterocycles. The van der Waals surface area contributed by atoms with E-state index in [2.05, 4.69) is 73.9 Å². The number of nitrogens with two attached hydrogens (primary N) is 1. The van der Waals surface area contributed by atoms with Crippen molar-refractivity contribution < 1.29 is 5.11 Å². The smallest absolute Gasteiger partial charge is 0.129 e. The van der Waals surface area contributed by atoms with E-state index in [-0.39, 0.29) is 23.5 Å². The van der Waals surface area contributed by atoms with Gasteiger partial charge in [0, 0.05) is 44.3 Å². The van der Waals surface area contributed by atoms with Crippen molar-refractivity contribution in [3.63, 3.8) is 0 Å². The van der Waals surface area contributed by atoms with E-state index < -0.39 is 0 Å². The van der Waals surface area contributed by atoms with Crippen LogP contribution in [-0.4, -0.2) is 60.4 Å². The molecule has 2 aliphatic rings. The Kier molecular flexibility index (Phi) is 6.12. The fourth-order valence-electron chi connectivity index (χ4n) is 5.06. The molecule has 168 valence electrons. The number of nitrogens with zero attached hydrogens (tertiary/aromatic N) is 3. The van der Waals surface area contributed by atoms with Crippen LogP contribution in [0.2, 0.25) is 0 Å². The molecule has 1 aliphatic carbocycles. The number of rotatable bonds is 5. The zero-order chi connectivity index (χ0) is 22.2. The molecule has 0 unspecified atom stereocenters. The van der Waals surface area contributed by atoms with Gasteiger partial charge in [0.1, 0.15) is 5.82 Å². The highest BCUT2D eigenvalue weighted by atomic mass is 16.3. The zero-order valence-electron chi connectivity index (χ0n) is 19.6. The molecular weight excluding hydrogens is 384 g/mol. The van der Waals surface area contributed by atoms with Crippen LogP contribution in [-0.2, 0) is 10.8 Å². The predicted molar refractivity (Wildman–Crippen MR) is 129 cm³/mol. The van der Waals surface area contributed by atoms with Crippen LogP contribution in [0, 0.1) is 0 Å². The molecule has 0 radical (unpaired) electrons. The van der Waals surface area contributed by atoms with E-state index in [9.17, 15) is 5.11 Å². The Morgan fingerprint density at radius 2 is 1.65 bits per heavy atom. The lowest BCUT2D eigenvalue weighted by molar-refractivity contribution is 0.194. The topological polar surface area (TPSA) is 65.6 Å². The Morgan fingerprint density at radius 3 is 2.32 bits per heavy atom. The van der Waals surface area contributed by atoms with Crippen molar-refractivity contribution in [3.05, 3.63) is 47.5 Å². The molecule has 2 heterocycles. The van der Waals surface area contributed by atoms with Crippen molar-refractivity contribution in [3.8, 4) is 11.3 Å². The monoisotopic (exact) mass is 422 g/mol. The Balaban J connectivity index is 1.55. The van der Waals surface area contributed by atoms with Crippen molar-refractivity contribution in [1.29, 1.82) is 0 Å². The molecule has 4 rings (SSSR count). The first-order chi connectivity index (χ1) is 14.7. The summed E-state index contributed by atoms with van der Waals surface area (Å²) in [6.07, 6.45) is 2.45.